The molecule has 2 N–H and O–H groups in total. The smallest absolute Gasteiger partial charge is 0.191 e. The zero-order chi connectivity index (χ0) is 14.0. The lowest BCUT2D eigenvalue weighted by Crippen LogP contribution is -2.38. The summed E-state index contributed by atoms with van der Waals surface area (Å²) in [5.74, 6) is 2.26. The fourth-order valence-corrected chi connectivity index (χ4v) is 3.07. The summed E-state index contributed by atoms with van der Waals surface area (Å²) in [7, 11) is 0. The molecule has 0 radical (unpaired) electrons. The van der Waals surface area contributed by atoms with Crippen LogP contribution in [0.3, 0.4) is 0 Å². The molecule has 0 aromatic heterocycles. The maximum atomic E-state index is 4.77. The van der Waals surface area contributed by atoms with Gasteiger partial charge in [-0.05, 0) is 50.0 Å². The minimum atomic E-state index is 0.446. The van der Waals surface area contributed by atoms with Gasteiger partial charge in [0.2, 0.25) is 0 Å². The minimum absolute atomic E-state index is 0.446. The number of hydrogen-bond donors (Lipinski definition) is 2. The molecule has 0 saturated heterocycles. The molecule has 1 rings (SSSR count). The van der Waals surface area contributed by atoms with Crippen LogP contribution in [0, 0.1) is 5.41 Å². The van der Waals surface area contributed by atoms with E-state index >= 15 is 0 Å². The summed E-state index contributed by atoms with van der Waals surface area (Å²) in [6, 6.07) is 0. The van der Waals surface area contributed by atoms with Gasteiger partial charge in [-0.15, -0.1) is 0 Å². The van der Waals surface area contributed by atoms with Crippen LogP contribution >= 0.6 is 11.8 Å². The largest absolute Gasteiger partial charge is 0.357 e. The fraction of sp³-hybridized carbons (Fsp3) is 0.933. The van der Waals surface area contributed by atoms with Gasteiger partial charge in [0, 0.05) is 19.6 Å². The highest BCUT2D eigenvalue weighted by molar-refractivity contribution is 7.98. The predicted molar refractivity (Wildman–Crippen MR) is 88.2 cm³/mol. The van der Waals surface area contributed by atoms with Gasteiger partial charge in [0.05, 0.1) is 0 Å². The molecule has 0 atom stereocenters. The molecule has 0 aromatic rings. The van der Waals surface area contributed by atoms with Gasteiger partial charge in [0.1, 0.15) is 0 Å². The van der Waals surface area contributed by atoms with E-state index in [1.807, 2.05) is 11.8 Å². The van der Waals surface area contributed by atoms with Crippen molar-refractivity contribution in [3.05, 3.63) is 0 Å². The molecule has 0 amide bonds. The Morgan fingerprint density at radius 1 is 1.21 bits per heavy atom. The molecule has 1 aliphatic rings. The average Bonchev–Trinajstić information content (AvgIpc) is 2.83. The Morgan fingerprint density at radius 3 is 2.58 bits per heavy atom. The van der Waals surface area contributed by atoms with Crippen molar-refractivity contribution in [1.29, 1.82) is 0 Å². The van der Waals surface area contributed by atoms with Crippen LogP contribution in [0.15, 0.2) is 4.99 Å². The number of aliphatic imine (C=N–C) groups is 1. The van der Waals surface area contributed by atoms with Crippen molar-refractivity contribution in [3.63, 3.8) is 0 Å². The van der Waals surface area contributed by atoms with E-state index in [1.54, 1.807) is 0 Å². The zero-order valence-corrected chi connectivity index (χ0v) is 13.7. The number of hydrogen-bond acceptors (Lipinski definition) is 2. The molecule has 0 heterocycles. The Morgan fingerprint density at radius 2 is 1.95 bits per heavy atom. The summed E-state index contributed by atoms with van der Waals surface area (Å²) >= 11 is 1.92. The number of guanidine groups is 1. The van der Waals surface area contributed by atoms with E-state index in [2.05, 4.69) is 30.7 Å². The van der Waals surface area contributed by atoms with E-state index in [-0.39, 0.29) is 0 Å². The van der Waals surface area contributed by atoms with E-state index in [0.717, 1.165) is 25.6 Å². The van der Waals surface area contributed by atoms with Crippen LogP contribution in [0.1, 0.15) is 52.4 Å². The van der Waals surface area contributed by atoms with E-state index in [0.29, 0.717) is 5.41 Å². The number of nitrogens with zero attached hydrogens (tertiary/aromatic N) is 1. The molecule has 0 aromatic carbocycles. The predicted octanol–water partition coefficient (Wildman–Crippen LogP) is 3.27. The van der Waals surface area contributed by atoms with Gasteiger partial charge in [0.25, 0.3) is 0 Å². The lowest BCUT2D eigenvalue weighted by molar-refractivity contribution is 0.350. The molecule has 4 heteroatoms. The second-order valence-electron chi connectivity index (χ2n) is 5.84. The Labute approximate surface area is 123 Å². The molecule has 1 saturated carbocycles. The third-order valence-corrected chi connectivity index (χ3v) is 4.54. The molecule has 19 heavy (non-hydrogen) atoms. The molecular formula is C15H31N3S. The zero-order valence-electron chi connectivity index (χ0n) is 12.9. The molecule has 0 spiro atoms. The van der Waals surface area contributed by atoms with Crippen LogP contribution in [0.5, 0.6) is 0 Å². The van der Waals surface area contributed by atoms with E-state index in [9.17, 15) is 0 Å². The van der Waals surface area contributed by atoms with E-state index in [4.69, 9.17) is 4.99 Å². The fourth-order valence-electron chi connectivity index (χ4n) is 2.58. The number of nitrogens with one attached hydrogen (secondary N) is 2. The highest BCUT2D eigenvalue weighted by Crippen LogP contribution is 2.37. The first-order valence-electron chi connectivity index (χ1n) is 7.71. The van der Waals surface area contributed by atoms with E-state index in [1.165, 1.54) is 44.3 Å². The van der Waals surface area contributed by atoms with Crippen LogP contribution in [-0.4, -0.2) is 37.6 Å². The van der Waals surface area contributed by atoms with Crippen LogP contribution in [0.2, 0.25) is 0 Å². The summed E-state index contributed by atoms with van der Waals surface area (Å²) in [6.07, 6.45) is 10.1. The minimum Gasteiger partial charge on any atom is -0.357 e. The van der Waals surface area contributed by atoms with Crippen molar-refractivity contribution < 1.29 is 0 Å². The van der Waals surface area contributed by atoms with Gasteiger partial charge in [-0.1, -0.05) is 19.8 Å². The van der Waals surface area contributed by atoms with Crippen LogP contribution < -0.4 is 10.6 Å². The Bertz CT molecular complexity index is 260. The summed E-state index contributed by atoms with van der Waals surface area (Å²) in [5.41, 5.74) is 0.446. The first kappa shape index (κ1) is 16.7. The summed E-state index contributed by atoms with van der Waals surface area (Å²) in [6.45, 7) is 7.44. The maximum absolute atomic E-state index is 4.77. The highest BCUT2D eigenvalue weighted by atomic mass is 32.2. The van der Waals surface area contributed by atoms with Crippen molar-refractivity contribution in [2.75, 3.05) is 31.6 Å². The SMILES string of the molecule is CCNC(=NCC1(C)CCCC1)NCCCCSC. The van der Waals surface area contributed by atoms with Crippen LogP contribution in [0.4, 0.5) is 0 Å². The Balaban J connectivity index is 2.29. The Hall–Kier alpha value is -0.380. The second-order valence-corrected chi connectivity index (χ2v) is 6.83. The third-order valence-electron chi connectivity index (χ3n) is 3.84. The summed E-state index contributed by atoms with van der Waals surface area (Å²) < 4.78 is 0. The van der Waals surface area contributed by atoms with Gasteiger partial charge in [-0.3, -0.25) is 4.99 Å². The first-order valence-corrected chi connectivity index (χ1v) is 9.11. The highest BCUT2D eigenvalue weighted by Gasteiger charge is 2.28. The van der Waals surface area contributed by atoms with Crippen molar-refractivity contribution in [1.82, 2.24) is 10.6 Å². The molecule has 1 fully saturated rings. The molecule has 112 valence electrons. The number of thioether (sulfide) groups is 1. The quantitative estimate of drug-likeness (QED) is 0.408. The van der Waals surface area contributed by atoms with Crippen LogP contribution in [-0.2, 0) is 0 Å². The average molecular weight is 286 g/mol. The van der Waals surface area contributed by atoms with Gasteiger partial charge < -0.3 is 10.6 Å². The molecule has 1 aliphatic carbocycles. The Kier molecular flexibility index (Phi) is 8.35. The monoisotopic (exact) mass is 285 g/mol. The van der Waals surface area contributed by atoms with E-state index < -0.39 is 0 Å². The number of unbranched alkanes of at least 4 members (excludes halogenated alkanes) is 1. The molecule has 0 aliphatic heterocycles. The lowest BCUT2D eigenvalue weighted by Gasteiger charge is -2.21. The lowest BCUT2D eigenvalue weighted by atomic mass is 9.89. The van der Waals surface area contributed by atoms with Gasteiger partial charge >= 0.3 is 0 Å². The topological polar surface area (TPSA) is 36.4 Å². The molecule has 3 nitrogen and oxygen atoms in total. The van der Waals surface area contributed by atoms with Crippen molar-refractivity contribution in [3.8, 4) is 0 Å². The standard InChI is InChI=1S/C15H31N3S/c1-4-16-14(17-11-7-8-12-19-3)18-13-15(2)9-5-6-10-15/h4-13H2,1-3H3,(H2,16,17,18). The van der Waals surface area contributed by atoms with Crippen molar-refractivity contribution in [2.24, 2.45) is 10.4 Å². The van der Waals surface area contributed by atoms with Gasteiger partial charge in [-0.2, -0.15) is 11.8 Å². The first-order chi connectivity index (χ1) is 9.20. The number of rotatable bonds is 8. The van der Waals surface area contributed by atoms with Crippen LogP contribution in [0.25, 0.3) is 0 Å². The normalized spacial score (nSPS) is 18.6. The van der Waals surface area contributed by atoms with Gasteiger partial charge in [0.15, 0.2) is 5.96 Å². The summed E-state index contributed by atoms with van der Waals surface area (Å²) in [4.78, 5) is 4.77. The van der Waals surface area contributed by atoms with Crippen molar-refractivity contribution in [2.45, 2.75) is 52.4 Å². The van der Waals surface area contributed by atoms with Crippen molar-refractivity contribution >= 4 is 17.7 Å². The van der Waals surface area contributed by atoms with Gasteiger partial charge in [-0.25, -0.2) is 0 Å². The molecule has 0 bridgehead atoms. The summed E-state index contributed by atoms with van der Waals surface area (Å²) in [5, 5.41) is 6.80. The molecular weight excluding hydrogens is 254 g/mol. The second kappa shape index (κ2) is 9.51. The molecule has 0 unspecified atom stereocenters. The third kappa shape index (κ3) is 7.09. The maximum Gasteiger partial charge on any atom is 0.191 e.